The van der Waals surface area contributed by atoms with Gasteiger partial charge in [-0.05, 0) is 45.7 Å². The van der Waals surface area contributed by atoms with Crippen molar-refractivity contribution in [2.24, 2.45) is 0 Å². The van der Waals surface area contributed by atoms with E-state index in [1.807, 2.05) is 6.08 Å². The number of phenolic OH excluding ortho intramolecular Hbond substituents is 1. The predicted octanol–water partition coefficient (Wildman–Crippen LogP) is 3.78. The normalized spacial score (nSPS) is 10.4. The van der Waals surface area contributed by atoms with Crippen LogP contribution in [0.2, 0.25) is 0 Å². The quantitative estimate of drug-likeness (QED) is 0.646. The molecular formula is C19H28O6. The van der Waals surface area contributed by atoms with Crippen molar-refractivity contribution in [3.05, 3.63) is 41.0 Å². The number of carboxylic acids is 1. The standard InChI is InChI=1S/C10H18O.C9H10O5/c1-9(2)5-4-6-10(3)7-8-11;1-13-6-3-5(9(11)12)4-7(14-2)8(6)10/h5,7,11H,4,6,8H2,1-3H3;3-4,10H,1-2H3,(H,11,12). The summed E-state index contributed by atoms with van der Waals surface area (Å²) < 4.78 is 9.57. The topological polar surface area (TPSA) is 96.2 Å². The number of aliphatic hydroxyl groups excluding tert-OH is 1. The van der Waals surface area contributed by atoms with Gasteiger partial charge >= 0.3 is 5.97 Å². The summed E-state index contributed by atoms with van der Waals surface area (Å²) in [6.07, 6.45) is 6.23. The zero-order valence-electron chi connectivity index (χ0n) is 15.5. The van der Waals surface area contributed by atoms with Gasteiger partial charge in [0.25, 0.3) is 0 Å². The first-order valence-corrected chi connectivity index (χ1v) is 7.84. The van der Waals surface area contributed by atoms with E-state index in [2.05, 4.69) is 26.8 Å². The van der Waals surface area contributed by atoms with E-state index < -0.39 is 5.97 Å². The summed E-state index contributed by atoms with van der Waals surface area (Å²) in [5, 5.41) is 26.7. The van der Waals surface area contributed by atoms with Crippen molar-refractivity contribution >= 4 is 5.97 Å². The number of carboxylic acid groups (broad SMARTS) is 1. The first-order chi connectivity index (χ1) is 11.8. The molecule has 0 radical (unpaired) electrons. The molecule has 25 heavy (non-hydrogen) atoms. The molecule has 0 saturated carbocycles. The molecule has 0 bridgehead atoms. The maximum absolute atomic E-state index is 10.7. The Labute approximate surface area is 149 Å². The number of aliphatic hydroxyl groups is 1. The van der Waals surface area contributed by atoms with Crippen LogP contribution in [0.5, 0.6) is 17.2 Å². The summed E-state index contributed by atoms with van der Waals surface area (Å²) in [6.45, 7) is 6.42. The Morgan fingerprint density at radius 3 is 1.96 bits per heavy atom. The van der Waals surface area contributed by atoms with Crippen molar-refractivity contribution in [2.75, 3.05) is 20.8 Å². The largest absolute Gasteiger partial charge is 0.502 e. The zero-order chi connectivity index (χ0) is 19.4. The van der Waals surface area contributed by atoms with Gasteiger partial charge in [-0.2, -0.15) is 0 Å². The molecule has 140 valence electrons. The van der Waals surface area contributed by atoms with E-state index in [0.29, 0.717) is 0 Å². The molecule has 1 aromatic carbocycles. The van der Waals surface area contributed by atoms with Crippen LogP contribution in [0.4, 0.5) is 0 Å². The van der Waals surface area contributed by atoms with E-state index >= 15 is 0 Å². The van der Waals surface area contributed by atoms with Gasteiger partial charge in [-0.1, -0.05) is 23.3 Å². The number of hydrogen-bond donors (Lipinski definition) is 3. The van der Waals surface area contributed by atoms with E-state index in [9.17, 15) is 9.90 Å². The van der Waals surface area contributed by atoms with Gasteiger partial charge in [0.05, 0.1) is 26.4 Å². The minimum absolute atomic E-state index is 0.00324. The van der Waals surface area contributed by atoms with Crippen LogP contribution in [-0.4, -0.2) is 42.1 Å². The zero-order valence-corrected chi connectivity index (χ0v) is 15.5. The monoisotopic (exact) mass is 352 g/mol. The number of benzene rings is 1. The van der Waals surface area contributed by atoms with Crippen LogP contribution in [0.15, 0.2) is 35.4 Å². The summed E-state index contributed by atoms with van der Waals surface area (Å²) in [5.74, 6) is -1.18. The highest BCUT2D eigenvalue weighted by molar-refractivity contribution is 5.89. The van der Waals surface area contributed by atoms with Crippen LogP contribution >= 0.6 is 0 Å². The van der Waals surface area contributed by atoms with Gasteiger partial charge in [0.2, 0.25) is 5.75 Å². The van der Waals surface area contributed by atoms with Crippen LogP contribution in [0.3, 0.4) is 0 Å². The number of phenols is 1. The lowest BCUT2D eigenvalue weighted by molar-refractivity contribution is 0.0696. The number of methoxy groups -OCH3 is 2. The van der Waals surface area contributed by atoms with Gasteiger partial charge in [-0.3, -0.25) is 0 Å². The Morgan fingerprint density at radius 2 is 1.60 bits per heavy atom. The van der Waals surface area contributed by atoms with Gasteiger partial charge in [0, 0.05) is 0 Å². The lowest BCUT2D eigenvalue weighted by atomic mass is 10.1. The van der Waals surface area contributed by atoms with E-state index in [4.69, 9.17) is 19.7 Å². The molecule has 1 aromatic rings. The van der Waals surface area contributed by atoms with Gasteiger partial charge in [0.1, 0.15) is 0 Å². The van der Waals surface area contributed by atoms with Crippen LogP contribution < -0.4 is 9.47 Å². The molecule has 0 aromatic heterocycles. The molecular weight excluding hydrogens is 324 g/mol. The Morgan fingerprint density at radius 1 is 1.08 bits per heavy atom. The number of aromatic hydroxyl groups is 1. The van der Waals surface area contributed by atoms with Crippen molar-refractivity contribution < 1.29 is 29.6 Å². The molecule has 0 atom stereocenters. The highest BCUT2D eigenvalue weighted by atomic mass is 16.5. The Kier molecular flexibility index (Phi) is 10.8. The number of ether oxygens (including phenoxy) is 2. The van der Waals surface area contributed by atoms with Gasteiger partial charge in [-0.15, -0.1) is 0 Å². The molecule has 0 saturated heterocycles. The number of allylic oxidation sites excluding steroid dienone is 3. The molecule has 0 aliphatic carbocycles. The Hall–Kier alpha value is -2.47. The maximum atomic E-state index is 10.7. The van der Waals surface area contributed by atoms with Crippen molar-refractivity contribution in [3.8, 4) is 17.2 Å². The lowest BCUT2D eigenvalue weighted by Crippen LogP contribution is -1.98. The highest BCUT2D eigenvalue weighted by Gasteiger charge is 2.14. The number of carbonyl (C=O) groups is 1. The predicted molar refractivity (Wildman–Crippen MR) is 97.7 cm³/mol. The molecule has 0 aliphatic heterocycles. The Bertz CT molecular complexity index is 587. The van der Waals surface area contributed by atoms with Crippen molar-refractivity contribution in [3.63, 3.8) is 0 Å². The number of hydrogen-bond acceptors (Lipinski definition) is 5. The number of rotatable bonds is 7. The molecule has 0 amide bonds. The van der Waals surface area contributed by atoms with Crippen molar-refractivity contribution in [1.82, 2.24) is 0 Å². The summed E-state index contributed by atoms with van der Waals surface area (Å²) in [4.78, 5) is 10.7. The van der Waals surface area contributed by atoms with Crippen molar-refractivity contribution in [2.45, 2.75) is 33.6 Å². The molecule has 1 rings (SSSR count). The second-order valence-electron chi connectivity index (χ2n) is 5.59. The molecule has 0 fully saturated rings. The Balaban J connectivity index is 0.000000477. The third kappa shape index (κ3) is 8.81. The summed E-state index contributed by atoms with van der Waals surface area (Å²) >= 11 is 0. The van der Waals surface area contributed by atoms with E-state index in [-0.39, 0.29) is 29.4 Å². The lowest BCUT2D eigenvalue weighted by Gasteiger charge is -2.08. The molecule has 0 aliphatic rings. The summed E-state index contributed by atoms with van der Waals surface area (Å²) in [5.41, 5.74) is 2.63. The van der Waals surface area contributed by atoms with Crippen molar-refractivity contribution in [1.29, 1.82) is 0 Å². The number of aromatic carboxylic acids is 1. The fourth-order valence-corrected chi connectivity index (χ4v) is 1.86. The van der Waals surface area contributed by atoms with E-state index in [1.54, 1.807) is 0 Å². The molecule has 0 heterocycles. The molecule has 0 unspecified atom stereocenters. The molecule has 3 N–H and O–H groups in total. The van der Waals surface area contributed by atoms with Gasteiger partial charge in [0.15, 0.2) is 11.5 Å². The third-order valence-electron chi connectivity index (χ3n) is 3.26. The third-order valence-corrected chi connectivity index (χ3v) is 3.26. The first kappa shape index (κ1) is 22.5. The average Bonchev–Trinajstić information content (AvgIpc) is 2.55. The van der Waals surface area contributed by atoms with E-state index in [1.165, 1.54) is 37.5 Å². The summed E-state index contributed by atoms with van der Waals surface area (Å²) in [7, 11) is 2.67. The average molecular weight is 352 g/mol. The fraction of sp³-hybridized carbons (Fsp3) is 0.421. The molecule has 6 heteroatoms. The second kappa shape index (κ2) is 12.0. The van der Waals surface area contributed by atoms with E-state index in [0.717, 1.165) is 12.8 Å². The highest BCUT2D eigenvalue weighted by Crippen LogP contribution is 2.36. The fourth-order valence-electron chi connectivity index (χ4n) is 1.86. The minimum Gasteiger partial charge on any atom is -0.502 e. The molecule has 6 nitrogen and oxygen atoms in total. The van der Waals surface area contributed by atoms with Crippen LogP contribution in [-0.2, 0) is 0 Å². The van der Waals surface area contributed by atoms with Gasteiger partial charge < -0.3 is 24.8 Å². The minimum atomic E-state index is -1.11. The summed E-state index contributed by atoms with van der Waals surface area (Å²) in [6, 6.07) is 2.44. The second-order valence-corrected chi connectivity index (χ2v) is 5.59. The van der Waals surface area contributed by atoms with Crippen LogP contribution in [0.25, 0.3) is 0 Å². The maximum Gasteiger partial charge on any atom is 0.335 e. The van der Waals surface area contributed by atoms with Gasteiger partial charge in [-0.25, -0.2) is 4.79 Å². The SMILES string of the molecule is CC(C)=CCCC(C)=CCO.COc1cc(C(=O)O)cc(OC)c1O. The first-order valence-electron chi connectivity index (χ1n) is 7.84. The van der Waals surface area contributed by atoms with Crippen LogP contribution in [0, 0.1) is 0 Å². The smallest absolute Gasteiger partial charge is 0.335 e. The molecule has 0 spiro atoms. The van der Waals surface area contributed by atoms with Crippen LogP contribution in [0.1, 0.15) is 44.0 Å².